The second-order valence-corrected chi connectivity index (χ2v) is 4.83. The van der Waals surface area contributed by atoms with Gasteiger partial charge in [0.05, 0.1) is 26.4 Å². The largest absolute Gasteiger partial charge is 0.465 e. The van der Waals surface area contributed by atoms with Crippen LogP contribution >= 0.6 is 0 Å². The van der Waals surface area contributed by atoms with Crippen LogP contribution in [0.3, 0.4) is 0 Å². The minimum atomic E-state index is -0.760. The molecule has 1 rings (SSSR count). The van der Waals surface area contributed by atoms with Gasteiger partial charge >= 0.3 is 5.97 Å². The van der Waals surface area contributed by atoms with E-state index in [1.807, 2.05) is 13.8 Å². The topological polar surface area (TPSA) is 56.8 Å². The van der Waals surface area contributed by atoms with E-state index in [1.165, 1.54) is 0 Å². The molecule has 5 heteroatoms. The van der Waals surface area contributed by atoms with Crippen LogP contribution in [0.5, 0.6) is 0 Å². The minimum Gasteiger partial charge on any atom is -0.465 e. The number of rotatable bonds is 8. The summed E-state index contributed by atoms with van der Waals surface area (Å²) in [7, 11) is 0. The monoisotopic (exact) mass is 259 g/mol. The van der Waals surface area contributed by atoms with Gasteiger partial charge in [0.15, 0.2) is 0 Å². The van der Waals surface area contributed by atoms with Crippen molar-refractivity contribution in [3.63, 3.8) is 0 Å². The molecule has 1 N–H and O–H groups in total. The first-order valence-electron chi connectivity index (χ1n) is 6.70. The number of carbonyl (C=O) groups excluding carboxylic acids is 1. The van der Waals surface area contributed by atoms with Crippen LogP contribution in [-0.4, -0.2) is 51.1 Å². The summed E-state index contributed by atoms with van der Waals surface area (Å²) >= 11 is 0. The van der Waals surface area contributed by atoms with Crippen molar-refractivity contribution in [2.45, 2.75) is 32.7 Å². The first-order valence-corrected chi connectivity index (χ1v) is 6.70. The molecule has 106 valence electrons. The second-order valence-electron chi connectivity index (χ2n) is 4.83. The molecule has 0 saturated carbocycles. The van der Waals surface area contributed by atoms with Gasteiger partial charge in [-0.25, -0.2) is 4.79 Å². The predicted molar refractivity (Wildman–Crippen MR) is 68.5 cm³/mol. The molecule has 1 saturated heterocycles. The van der Waals surface area contributed by atoms with Gasteiger partial charge in [-0.3, -0.25) is 0 Å². The number of hydrogen-bond acceptors (Lipinski definition) is 5. The molecule has 1 heterocycles. The lowest BCUT2D eigenvalue weighted by atomic mass is 10.0. The highest BCUT2D eigenvalue weighted by atomic mass is 16.5. The van der Waals surface area contributed by atoms with Crippen molar-refractivity contribution < 1.29 is 19.0 Å². The third kappa shape index (κ3) is 4.55. The summed E-state index contributed by atoms with van der Waals surface area (Å²) in [6.45, 7) is 9.22. The molecule has 0 bridgehead atoms. The molecule has 1 aliphatic rings. The summed E-state index contributed by atoms with van der Waals surface area (Å²) < 4.78 is 16.0. The zero-order valence-corrected chi connectivity index (χ0v) is 11.7. The lowest BCUT2D eigenvalue weighted by Gasteiger charge is -2.28. The van der Waals surface area contributed by atoms with Crippen molar-refractivity contribution in [2.75, 3.05) is 39.6 Å². The van der Waals surface area contributed by atoms with Crippen molar-refractivity contribution in [1.82, 2.24) is 5.32 Å². The molecule has 1 aliphatic heterocycles. The first-order chi connectivity index (χ1) is 8.62. The van der Waals surface area contributed by atoms with Gasteiger partial charge in [0, 0.05) is 12.5 Å². The third-order valence-corrected chi connectivity index (χ3v) is 3.06. The van der Waals surface area contributed by atoms with Gasteiger partial charge in [-0.2, -0.15) is 0 Å². The molecule has 5 nitrogen and oxygen atoms in total. The van der Waals surface area contributed by atoms with E-state index in [-0.39, 0.29) is 5.97 Å². The number of esters is 1. The van der Waals surface area contributed by atoms with Gasteiger partial charge in [0.1, 0.15) is 5.54 Å². The number of carbonyl (C=O) groups is 1. The number of nitrogens with one attached hydrogen (secondary N) is 1. The van der Waals surface area contributed by atoms with Crippen LogP contribution in [0.4, 0.5) is 0 Å². The standard InChI is InChI=1S/C13H25NO4/c1-4-14-13(3,12(15)18-5-2)10-17-9-11-6-7-16-8-11/h11,14H,4-10H2,1-3H3. The Morgan fingerprint density at radius 3 is 2.83 bits per heavy atom. The summed E-state index contributed by atoms with van der Waals surface area (Å²) in [6, 6.07) is 0. The van der Waals surface area contributed by atoms with E-state index in [1.54, 1.807) is 6.92 Å². The highest BCUT2D eigenvalue weighted by Crippen LogP contribution is 2.14. The fraction of sp³-hybridized carbons (Fsp3) is 0.923. The zero-order valence-electron chi connectivity index (χ0n) is 11.7. The van der Waals surface area contributed by atoms with Crippen LogP contribution in [0.1, 0.15) is 27.2 Å². The Balaban J connectivity index is 2.37. The summed E-state index contributed by atoms with van der Waals surface area (Å²) in [5.74, 6) is 0.201. The highest BCUT2D eigenvalue weighted by Gasteiger charge is 2.34. The van der Waals surface area contributed by atoms with Crippen LogP contribution in [0.2, 0.25) is 0 Å². The lowest BCUT2D eigenvalue weighted by Crippen LogP contribution is -2.54. The first kappa shape index (κ1) is 15.4. The van der Waals surface area contributed by atoms with Gasteiger partial charge in [-0.05, 0) is 26.8 Å². The van der Waals surface area contributed by atoms with E-state index in [2.05, 4.69) is 5.32 Å². The molecule has 0 amide bonds. The van der Waals surface area contributed by atoms with Crippen molar-refractivity contribution >= 4 is 5.97 Å². The molecule has 0 aromatic rings. The molecular formula is C13H25NO4. The molecule has 2 atom stereocenters. The van der Waals surface area contributed by atoms with E-state index >= 15 is 0 Å². The maximum Gasteiger partial charge on any atom is 0.328 e. The number of ether oxygens (including phenoxy) is 3. The minimum absolute atomic E-state index is 0.255. The van der Waals surface area contributed by atoms with E-state index in [0.717, 1.165) is 19.6 Å². The average Bonchev–Trinajstić information content (AvgIpc) is 2.83. The molecular weight excluding hydrogens is 234 g/mol. The summed E-state index contributed by atoms with van der Waals surface area (Å²) in [6.07, 6.45) is 1.04. The molecule has 0 aliphatic carbocycles. The van der Waals surface area contributed by atoms with E-state index < -0.39 is 5.54 Å². The third-order valence-electron chi connectivity index (χ3n) is 3.06. The van der Waals surface area contributed by atoms with Crippen LogP contribution in [0.25, 0.3) is 0 Å². The molecule has 0 aromatic heterocycles. The van der Waals surface area contributed by atoms with Crippen molar-refractivity contribution in [1.29, 1.82) is 0 Å². The van der Waals surface area contributed by atoms with Gasteiger partial charge < -0.3 is 19.5 Å². The SMILES string of the molecule is CCNC(C)(COCC1CCOC1)C(=O)OCC. The Bertz CT molecular complexity index is 253. The Morgan fingerprint density at radius 2 is 2.28 bits per heavy atom. The van der Waals surface area contributed by atoms with Crippen LogP contribution in [0, 0.1) is 5.92 Å². The zero-order chi connectivity index (χ0) is 13.4. The molecule has 0 radical (unpaired) electrons. The predicted octanol–water partition coefficient (Wildman–Crippen LogP) is 0.971. The average molecular weight is 259 g/mol. The fourth-order valence-corrected chi connectivity index (χ4v) is 2.01. The van der Waals surface area contributed by atoms with E-state index in [0.29, 0.717) is 32.3 Å². The quantitative estimate of drug-likeness (QED) is 0.658. The molecule has 0 aromatic carbocycles. The van der Waals surface area contributed by atoms with Gasteiger partial charge in [0.25, 0.3) is 0 Å². The van der Waals surface area contributed by atoms with Crippen molar-refractivity contribution in [3.8, 4) is 0 Å². The van der Waals surface area contributed by atoms with Crippen LogP contribution < -0.4 is 5.32 Å². The van der Waals surface area contributed by atoms with Crippen molar-refractivity contribution in [2.24, 2.45) is 5.92 Å². The van der Waals surface area contributed by atoms with E-state index in [9.17, 15) is 4.79 Å². The highest BCUT2D eigenvalue weighted by molar-refractivity contribution is 5.80. The van der Waals surface area contributed by atoms with Crippen LogP contribution in [-0.2, 0) is 19.0 Å². The Hall–Kier alpha value is -0.650. The summed E-state index contributed by atoms with van der Waals surface area (Å²) in [4.78, 5) is 11.9. The van der Waals surface area contributed by atoms with Gasteiger partial charge in [-0.1, -0.05) is 6.92 Å². The molecule has 0 spiro atoms. The summed E-state index contributed by atoms with van der Waals surface area (Å²) in [5, 5.41) is 3.14. The molecule has 2 unspecified atom stereocenters. The van der Waals surface area contributed by atoms with Gasteiger partial charge in [0.2, 0.25) is 0 Å². The Morgan fingerprint density at radius 1 is 1.50 bits per heavy atom. The van der Waals surface area contributed by atoms with Crippen LogP contribution in [0.15, 0.2) is 0 Å². The Kier molecular flexibility index (Phi) is 6.60. The Labute approximate surface area is 109 Å². The second kappa shape index (κ2) is 7.71. The normalized spacial score (nSPS) is 22.7. The summed E-state index contributed by atoms with van der Waals surface area (Å²) in [5.41, 5.74) is -0.760. The number of hydrogen-bond donors (Lipinski definition) is 1. The lowest BCUT2D eigenvalue weighted by molar-refractivity contribution is -0.153. The number of likely N-dealkylation sites (N-methyl/N-ethyl adjacent to an activating group) is 1. The molecule has 1 fully saturated rings. The van der Waals surface area contributed by atoms with E-state index in [4.69, 9.17) is 14.2 Å². The fourth-order valence-electron chi connectivity index (χ4n) is 2.01. The maximum atomic E-state index is 11.9. The maximum absolute atomic E-state index is 11.9. The smallest absolute Gasteiger partial charge is 0.328 e. The van der Waals surface area contributed by atoms with Gasteiger partial charge in [-0.15, -0.1) is 0 Å². The molecule has 18 heavy (non-hydrogen) atoms. The van der Waals surface area contributed by atoms with Crippen molar-refractivity contribution in [3.05, 3.63) is 0 Å².